The second-order valence-electron chi connectivity index (χ2n) is 4.65. The summed E-state index contributed by atoms with van der Waals surface area (Å²) in [5, 5.41) is 2.35. The molecule has 0 aliphatic carbocycles. The Hall–Kier alpha value is -2.54. The third-order valence-corrected chi connectivity index (χ3v) is 3.49. The average molecular weight is 274 g/mol. The van der Waals surface area contributed by atoms with Crippen LogP contribution in [0.4, 0.5) is 0 Å². The van der Waals surface area contributed by atoms with Crippen LogP contribution in [0.1, 0.15) is 13.8 Å². The van der Waals surface area contributed by atoms with E-state index in [-0.39, 0.29) is 0 Å². The number of rotatable bonds is 1. The number of benzene rings is 3. The molecule has 1 nitrogen and oxygen atoms in total. The number of furan rings is 1. The lowest BCUT2D eigenvalue weighted by Crippen LogP contribution is -1.77. The van der Waals surface area contributed by atoms with Crippen molar-refractivity contribution < 1.29 is 4.42 Å². The summed E-state index contributed by atoms with van der Waals surface area (Å²) in [4.78, 5) is 0. The molecule has 4 aromatic rings. The summed E-state index contributed by atoms with van der Waals surface area (Å²) in [6.45, 7) is 4.00. The summed E-state index contributed by atoms with van der Waals surface area (Å²) in [6.07, 6.45) is 0. The van der Waals surface area contributed by atoms with Crippen molar-refractivity contribution in [1.82, 2.24) is 0 Å². The van der Waals surface area contributed by atoms with Crippen LogP contribution in [0.3, 0.4) is 0 Å². The van der Waals surface area contributed by atoms with Gasteiger partial charge in [0.15, 0.2) is 0 Å². The summed E-state index contributed by atoms with van der Waals surface area (Å²) in [5.74, 6) is 0. The molecule has 104 valence electrons. The van der Waals surface area contributed by atoms with Crippen molar-refractivity contribution in [2.45, 2.75) is 13.8 Å². The van der Waals surface area contributed by atoms with Crippen LogP contribution in [-0.2, 0) is 0 Å². The molecule has 0 radical (unpaired) electrons. The van der Waals surface area contributed by atoms with Crippen LogP contribution >= 0.6 is 0 Å². The predicted molar refractivity (Wildman–Crippen MR) is 90.5 cm³/mol. The van der Waals surface area contributed by atoms with Crippen LogP contribution in [0, 0.1) is 0 Å². The Kier molecular flexibility index (Phi) is 3.74. The van der Waals surface area contributed by atoms with Gasteiger partial charge in [-0.25, -0.2) is 0 Å². The monoisotopic (exact) mass is 274 g/mol. The maximum atomic E-state index is 6.04. The molecule has 0 aliphatic rings. The minimum Gasteiger partial charge on any atom is -0.455 e. The molecule has 0 unspecified atom stereocenters. The van der Waals surface area contributed by atoms with Crippen LogP contribution in [-0.4, -0.2) is 0 Å². The number of hydrogen-bond donors (Lipinski definition) is 0. The second kappa shape index (κ2) is 5.84. The molecule has 21 heavy (non-hydrogen) atoms. The van der Waals surface area contributed by atoms with Gasteiger partial charge in [0, 0.05) is 16.3 Å². The van der Waals surface area contributed by atoms with Crippen molar-refractivity contribution in [1.29, 1.82) is 0 Å². The van der Waals surface area contributed by atoms with E-state index >= 15 is 0 Å². The first-order valence-electron chi connectivity index (χ1n) is 7.39. The molecular formula is C20H18O. The van der Waals surface area contributed by atoms with Crippen molar-refractivity contribution in [2.75, 3.05) is 0 Å². The Morgan fingerprint density at radius 2 is 1.29 bits per heavy atom. The molecule has 0 N–H and O–H groups in total. The van der Waals surface area contributed by atoms with E-state index in [0.29, 0.717) is 0 Å². The molecule has 1 heterocycles. The van der Waals surface area contributed by atoms with Gasteiger partial charge in [-0.15, -0.1) is 0 Å². The van der Waals surface area contributed by atoms with Gasteiger partial charge >= 0.3 is 0 Å². The lowest BCUT2D eigenvalue weighted by molar-refractivity contribution is 0.670. The normalized spacial score (nSPS) is 10.4. The van der Waals surface area contributed by atoms with Crippen molar-refractivity contribution in [3.05, 3.63) is 72.8 Å². The zero-order valence-electron chi connectivity index (χ0n) is 12.3. The Labute approximate surface area is 124 Å². The standard InChI is InChI=1S/C18H12O.C2H6/c1-2-7-13(8-3-1)14-10-6-11-16-15-9-4-5-12-17(15)19-18(14)16;1-2/h1-12H;1-2H3. The van der Waals surface area contributed by atoms with E-state index in [1.54, 1.807) is 0 Å². The highest BCUT2D eigenvalue weighted by molar-refractivity contribution is 6.09. The first-order valence-corrected chi connectivity index (χ1v) is 7.39. The third-order valence-electron chi connectivity index (χ3n) is 3.49. The number of hydrogen-bond acceptors (Lipinski definition) is 1. The van der Waals surface area contributed by atoms with E-state index in [9.17, 15) is 0 Å². The minimum atomic E-state index is 0.945. The van der Waals surface area contributed by atoms with Crippen molar-refractivity contribution in [3.8, 4) is 11.1 Å². The zero-order valence-corrected chi connectivity index (χ0v) is 12.3. The van der Waals surface area contributed by atoms with Gasteiger partial charge in [0.25, 0.3) is 0 Å². The topological polar surface area (TPSA) is 13.1 Å². The van der Waals surface area contributed by atoms with Gasteiger partial charge in [-0.3, -0.25) is 0 Å². The van der Waals surface area contributed by atoms with Crippen molar-refractivity contribution >= 4 is 21.9 Å². The van der Waals surface area contributed by atoms with E-state index in [2.05, 4.69) is 48.5 Å². The average Bonchev–Trinajstić information content (AvgIpc) is 2.96. The molecule has 0 fully saturated rings. The Bertz CT molecular complexity index is 857. The Morgan fingerprint density at radius 3 is 2.10 bits per heavy atom. The maximum absolute atomic E-state index is 6.04. The van der Waals surface area contributed by atoms with Gasteiger partial charge in [0.05, 0.1) is 0 Å². The van der Waals surface area contributed by atoms with Gasteiger partial charge in [-0.2, -0.15) is 0 Å². The van der Waals surface area contributed by atoms with E-state index in [0.717, 1.165) is 16.7 Å². The van der Waals surface area contributed by atoms with Gasteiger partial charge in [0.1, 0.15) is 11.2 Å². The van der Waals surface area contributed by atoms with Crippen molar-refractivity contribution in [3.63, 3.8) is 0 Å². The van der Waals surface area contributed by atoms with E-state index in [1.165, 1.54) is 16.3 Å². The van der Waals surface area contributed by atoms with Crippen LogP contribution in [0.15, 0.2) is 77.2 Å². The molecule has 0 bridgehead atoms. The largest absolute Gasteiger partial charge is 0.455 e. The molecule has 3 aromatic carbocycles. The third kappa shape index (κ3) is 2.31. The highest BCUT2D eigenvalue weighted by atomic mass is 16.3. The number of para-hydroxylation sites is 2. The summed E-state index contributed by atoms with van der Waals surface area (Å²) in [6, 6.07) is 24.9. The quantitative estimate of drug-likeness (QED) is 0.398. The molecular weight excluding hydrogens is 256 g/mol. The summed E-state index contributed by atoms with van der Waals surface area (Å²) in [7, 11) is 0. The lowest BCUT2D eigenvalue weighted by Gasteiger charge is -2.01. The minimum absolute atomic E-state index is 0.945. The Morgan fingerprint density at radius 1 is 0.619 bits per heavy atom. The summed E-state index contributed by atoms with van der Waals surface area (Å²) < 4.78 is 6.04. The summed E-state index contributed by atoms with van der Waals surface area (Å²) >= 11 is 0. The molecule has 0 saturated carbocycles. The van der Waals surface area contributed by atoms with Crippen LogP contribution in [0.5, 0.6) is 0 Å². The molecule has 0 amide bonds. The van der Waals surface area contributed by atoms with Crippen molar-refractivity contribution in [2.24, 2.45) is 0 Å². The highest BCUT2D eigenvalue weighted by Gasteiger charge is 2.10. The van der Waals surface area contributed by atoms with Crippen LogP contribution in [0.25, 0.3) is 33.1 Å². The second-order valence-corrected chi connectivity index (χ2v) is 4.65. The van der Waals surface area contributed by atoms with Gasteiger partial charge in [0.2, 0.25) is 0 Å². The van der Waals surface area contributed by atoms with Crippen LogP contribution < -0.4 is 0 Å². The number of fused-ring (bicyclic) bond motifs is 3. The SMILES string of the molecule is CC.c1ccc(-c2cccc3c2oc2ccccc23)cc1. The zero-order chi connectivity index (χ0) is 14.7. The fourth-order valence-electron chi connectivity index (χ4n) is 2.59. The molecule has 1 heteroatoms. The molecule has 4 rings (SSSR count). The van der Waals surface area contributed by atoms with Gasteiger partial charge < -0.3 is 4.42 Å². The van der Waals surface area contributed by atoms with Gasteiger partial charge in [-0.1, -0.05) is 80.6 Å². The molecule has 0 atom stereocenters. The van der Waals surface area contributed by atoms with Gasteiger partial charge in [-0.05, 0) is 11.6 Å². The summed E-state index contributed by atoms with van der Waals surface area (Å²) in [5.41, 5.74) is 4.25. The highest BCUT2D eigenvalue weighted by Crippen LogP contribution is 2.35. The lowest BCUT2D eigenvalue weighted by atomic mass is 10.0. The molecule has 1 aromatic heterocycles. The fraction of sp³-hybridized carbons (Fsp3) is 0.100. The smallest absolute Gasteiger partial charge is 0.143 e. The maximum Gasteiger partial charge on any atom is 0.143 e. The molecule has 0 spiro atoms. The first kappa shape index (κ1) is 13.4. The van der Waals surface area contributed by atoms with E-state index in [1.807, 2.05) is 38.1 Å². The van der Waals surface area contributed by atoms with E-state index < -0.39 is 0 Å². The van der Waals surface area contributed by atoms with E-state index in [4.69, 9.17) is 4.42 Å². The first-order chi connectivity index (χ1) is 10.4. The predicted octanol–water partition coefficient (Wildman–Crippen LogP) is 6.28. The fourth-order valence-corrected chi connectivity index (χ4v) is 2.59. The Balaban J connectivity index is 0.000000636. The molecule has 0 saturated heterocycles. The van der Waals surface area contributed by atoms with Crippen LogP contribution in [0.2, 0.25) is 0 Å². The molecule has 0 aliphatic heterocycles.